The van der Waals surface area contributed by atoms with Crippen molar-refractivity contribution in [2.24, 2.45) is 0 Å². The third-order valence-corrected chi connectivity index (χ3v) is 5.54. The first-order chi connectivity index (χ1) is 12.6. The van der Waals surface area contributed by atoms with Gasteiger partial charge in [0, 0.05) is 23.3 Å². The predicted molar refractivity (Wildman–Crippen MR) is 104 cm³/mol. The standard InChI is InChI=1S/C18H21N3O5S/c1-18(2,3)27(26)19-15(14-9-5-7-11-17(14)21(24)25)12-13-8-4-6-10-16(13)20(22)23/h4-11,15,19H,12H2,1-3H3/t15-,27?/m1/s1. The molecule has 0 aliphatic heterocycles. The predicted octanol–water partition coefficient (Wildman–Crippen LogP) is 3.84. The number of hydrogen-bond donors (Lipinski definition) is 1. The second-order valence-electron chi connectivity index (χ2n) is 6.96. The molecule has 0 fully saturated rings. The smallest absolute Gasteiger partial charge is 0.258 e. The second-order valence-corrected chi connectivity index (χ2v) is 8.96. The molecule has 9 heteroatoms. The van der Waals surface area contributed by atoms with Gasteiger partial charge >= 0.3 is 0 Å². The molecule has 144 valence electrons. The molecule has 0 bridgehead atoms. The molecule has 2 atom stereocenters. The fraction of sp³-hybridized carbons (Fsp3) is 0.333. The summed E-state index contributed by atoms with van der Waals surface area (Å²) >= 11 is 0. The van der Waals surface area contributed by atoms with Crippen LogP contribution in [0.1, 0.15) is 37.9 Å². The third kappa shape index (κ3) is 5.18. The summed E-state index contributed by atoms with van der Waals surface area (Å²) in [4.78, 5) is 21.7. The zero-order valence-corrected chi connectivity index (χ0v) is 16.1. The SMILES string of the molecule is CC(C)(C)S(=O)N[C@H](Cc1ccccc1[N+](=O)[O-])c1ccccc1[N+](=O)[O-]. The van der Waals surface area contributed by atoms with Crippen LogP contribution < -0.4 is 4.72 Å². The van der Waals surface area contributed by atoms with Crippen molar-refractivity contribution in [1.29, 1.82) is 0 Å². The van der Waals surface area contributed by atoms with Crippen LogP contribution in [-0.4, -0.2) is 18.8 Å². The molecule has 27 heavy (non-hydrogen) atoms. The molecule has 1 N–H and O–H groups in total. The molecule has 8 nitrogen and oxygen atoms in total. The van der Waals surface area contributed by atoms with Crippen molar-refractivity contribution in [2.45, 2.75) is 38.0 Å². The molecule has 0 heterocycles. The van der Waals surface area contributed by atoms with Gasteiger partial charge in [0.15, 0.2) is 0 Å². The van der Waals surface area contributed by atoms with Crippen LogP contribution in [0.3, 0.4) is 0 Å². The minimum Gasteiger partial charge on any atom is -0.258 e. The molecular formula is C18H21N3O5S. The van der Waals surface area contributed by atoms with Gasteiger partial charge < -0.3 is 0 Å². The quantitative estimate of drug-likeness (QED) is 0.569. The van der Waals surface area contributed by atoms with E-state index in [4.69, 9.17) is 0 Å². The van der Waals surface area contributed by atoms with Gasteiger partial charge in [0.05, 0.1) is 31.6 Å². The fourth-order valence-corrected chi connectivity index (χ4v) is 3.37. The van der Waals surface area contributed by atoms with E-state index in [1.54, 1.807) is 57.2 Å². The Morgan fingerprint density at radius 2 is 1.48 bits per heavy atom. The molecule has 0 saturated heterocycles. The van der Waals surface area contributed by atoms with Crippen molar-refractivity contribution >= 4 is 22.4 Å². The van der Waals surface area contributed by atoms with Crippen molar-refractivity contribution in [3.05, 3.63) is 79.9 Å². The van der Waals surface area contributed by atoms with Crippen molar-refractivity contribution in [3.8, 4) is 0 Å². The van der Waals surface area contributed by atoms with Crippen molar-refractivity contribution < 1.29 is 14.1 Å². The summed E-state index contributed by atoms with van der Waals surface area (Å²) in [6.07, 6.45) is 0.0871. The minimum atomic E-state index is -1.52. The van der Waals surface area contributed by atoms with Crippen LogP contribution in [-0.2, 0) is 17.4 Å². The van der Waals surface area contributed by atoms with Crippen LogP contribution in [0.15, 0.2) is 48.5 Å². The van der Waals surface area contributed by atoms with E-state index < -0.39 is 31.6 Å². The fourth-order valence-electron chi connectivity index (χ4n) is 2.55. The summed E-state index contributed by atoms with van der Waals surface area (Å²) in [5.41, 5.74) is 0.534. The number of nitrogens with zero attached hydrogens (tertiary/aromatic N) is 2. The molecule has 1 unspecified atom stereocenters. The highest BCUT2D eigenvalue weighted by atomic mass is 32.2. The van der Waals surface area contributed by atoms with Crippen LogP contribution in [0.2, 0.25) is 0 Å². The molecule has 0 amide bonds. The molecule has 2 rings (SSSR count). The number of nitrogens with one attached hydrogen (secondary N) is 1. The summed E-state index contributed by atoms with van der Waals surface area (Å²) in [7, 11) is -1.52. The van der Waals surface area contributed by atoms with Gasteiger partial charge in [-0.05, 0) is 27.2 Å². The minimum absolute atomic E-state index is 0.0792. The molecule has 0 spiro atoms. The Labute approximate surface area is 159 Å². The summed E-state index contributed by atoms with van der Waals surface area (Å²) in [6, 6.07) is 11.6. The van der Waals surface area contributed by atoms with Gasteiger partial charge in [0.1, 0.15) is 0 Å². The Bertz CT molecular complexity index is 879. The molecule has 0 aliphatic carbocycles. The van der Waals surface area contributed by atoms with Gasteiger partial charge in [0.25, 0.3) is 11.4 Å². The lowest BCUT2D eigenvalue weighted by atomic mass is 9.97. The molecular weight excluding hydrogens is 370 g/mol. The van der Waals surface area contributed by atoms with Crippen LogP contribution in [0.25, 0.3) is 0 Å². The van der Waals surface area contributed by atoms with Gasteiger partial charge in [0.2, 0.25) is 0 Å². The number of para-hydroxylation sites is 2. The largest absolute Gasteiger partial charge is 0.274 e. The number of nitro benzene ring substituents is 2. The van der Waals surface area contributed by atoms with E-state index in [2.05, 4.69) is 4.72 Å². The van der Waals surface area contributed by atoms with E-state index in [1.165, 1.54) is 12.1 Å². The van der Waals surface area contributed by atoms with E-state index in [0.717, 1.165) is 0 Å². The van der Waals surface area contributed by atoms with Crippen molar-refractivity contribution in [1.82, 2.24) is 4.72 Å². The Morgan fingerprint density at radius 1 is 0.963 bits per heavy atom. The van der Waals surface area contributed by atoms with Crippen molar-refractivity contribution in [3.63, 3.8) is 0 Å². The lowest BCUT2D eigenvalue weighted by Crippen LogP contribution is -2.36. The second kappa shape index (κ2) is 8.36. The Balaban J connectivity index is 2.50. The topological polar surface area (TPSA) is 115 Å². The van der Waals surface area contributed by atoms with Gasteiger partial charge in [-0.3, -0.25) is 20.2 Å². The lowest BCUT2D eigenvalue weighted by molar-refractivity contribution is -0.386. The lowest BCUT2D eigenvalue weighted by Gasteiger charge is -2.24. The Morgan fingerprint density at radius 3 is 2.04 bits per heavy atom. The summed E-state index contributed by atoms with van der Waals surface area (Å²) in [6.45, 7) is 5.33. The van der Waals surface area contributed by atoms with E-state index in [0.29, 0.717) is 11.1 Å². The zero-order valence-electron chi connectivity index (χ0n) is 15.2. The first kappa shape index (κ1) is 20.7. The first-order valence-electron chi connectivity index (χ1n) is 8.25. The number of hydrogen-bond acceptors (Lipinski definition) is 5. The Kier molecular flexibility index (Phi) is 6.40. The number of benzene rings is 2. The molecule has 0 aliphatic rings. The van der Waals surface area contributed by atoms with Crippen LogP contribution in [0.5, 0.6) is 0 Å². The van der Waals surface area contributed by atoms with Crippen LogP contribution in [0, 0.1) is 20.2 Å². The van der Waals surface area contributed by atoms with E-state index in [1.807, 2.05) is 0 Å². The van der Waals surface area contributed by atoms with Gasteiger partial charge in [-0.15, -0.1) is 0 Å². The Hall–Kier alpha value is -2.65. The van der Waals surface area contributed by atoms with Gasteiger partial charge in [-0.1, -0.05) is 36.4 Å². The average molecular weight is 391 g/mol. The van der Waals surface area contributed by atoms with E-state index in [-0.39, 0.29) is 17.8 Å². The number of nitro groups is 2. The zero-order chi connectivity index (χ0) is 20.2. The summed E-state index contributed by atoms with van der Waals surface area (Å²) < 4.78 is 15.0. The van der Waals surface area contributed by atoms with Crippen LogP contribution >= 0.6 is 0 Å². The summed E-state index contributed by atoms with van der Waals surface area (Å²) in [5.74, 6) is 0. The number of rotatable bonds is 7. The highest BCUT2D eigenvalue weighted by Crippen LogP contribution is 2.31. The molecule has 0 radical (unpaired) electrons. The normalized spacial score (nSPS) is 13.7. The average Bonchev–Trinajstić information content (AvgIpc) is 2.60. The maximum atomic E-state index is 12.6. The molecule has 0 saturated carbocycles. The monoisotopic (exact) mass is 391 g/mol. The maximum Gasteiger partial charge on any atom is 0.274 e. The first-order valence-corrected chi connectivity index (χ1v) is 9.40. The summed E-state index contributed by atoms with van der Waals surface area (Å²) in [5, 5.41) is 22.7. The maximum absolute atomic E-state index is 12.6. The van der Waals surface area contributed by atoms with E-state index in [9.17, 15) is 24.4 Å². The van der Waals surface area contributed by atoms with Gasteiger partial charge in [-0.2, -0.15) is 0 Å². The van der Waals surface area contributed by atoms with Crippen LogP contribution in [0.4, 0.5) is 11.4 Å². The molecule has 2 aromatic rings. The molecule has 0 aromatic heterocycles. The molecule has 2 aromatic carbocycles. The highest BCUT2D eigenvalue weighted by molar-refractivity contribution is 7.84. The van der Waals surface area contributed by atoms with E-state index >= 15 is 0 Å². The van der Waals surface area contributed by atoms with Crippen molar-refractivity contribution in [2.75, 3.05) is 0 Å². The van der Waals surface area contributed by atoms with Gasteiger partial charge in [-0.25, -0.2) is 8.93 Å². The third-order valence-electron chi connectivity index (χ3n) is 3.93. The highest BCUT2D eigenvalue weighted by Gasteiger charge is 2.29.